The molecule has 0 aromatic carbocycles. The highest BCUT2D eigenvalue weighted by atomic mass is 16.5. The largest absolute Gasteiger partial charge is 0.492 e. The molecule has 1 fully saturated rings. The summed E-state index contributed by atoms with van der Waals surface area (Å²) < 4.78 is 5.72. The number of H-pyrrole nitrogens is 1. The van der Waals surface area contributed by atoms with Crippen LogP contribution in [-0.2, 0) is 9.59 Å². The van der Waals surface area contributed by atoms with Crippen LogP contribution in [0.3, 0.4) is 0 Å². The molecule has 2 aromatic heterocycles. The van der Waals surface area contributed by atoms with Crippen LogP contribution in [-0.4, -0.2) is 34.1 Å². The Bertz CT molecular complexity index is 1160. The number of hydrogen-bond donors (Lipinski definition) is 4. The summed E-state index contributed by atoms with van der Waals surface area (Å²) in [7, 11) is 1.56. The zero-order valence-corrected chi connectivity index (χ0v) is 22.8. The number of rotatable bonds is 12. The van der Waals surface area contributed by atoms with Crippen molar-refractivity contribution in [2.45, 2.75) is 66.7 Å². The van der Waals surface area contributed by atoms with Crippen LogP contribution in [0.4, 0.5) is 5.82 Å². The molecule has 200 valence electrons. The summed E-state index contributed by atoms with van der Waals surface area (Å²) >= 11 is 0. The van der Waals surface area contributed by atoms with Gasteiger partial charge in [-0.3, -0.25) is 14.7 Å². The zero-order valence-electron chi connectivity index (χ0n) is 22.8. The van der Waals surface area contributed by atoms with Crippen LogP contribution < -0.4 is 21.1 Å². The van der Waals surface area contributed by atoms with Gasteiger partial charge in [0.1, 0.15) is 0 Å². The van der Waals surface area contributed by atoms with E-state index in [2.05, 4.69) is 32.7 Å². The number of nitrogens with zero attached hydrogens (tertiary/aromatic N) is 2. The Morgan fingerprint density at radius 1 is 1.22 bits per heavy atom. The minimum absolute atomic E-state index is 0.0174. The third-order valence-corrected chi connectivity index (χ3v) is 5.61. The second-order valence-corrected chi connectivity index (χ2v) is 8.43. The average Bonchev–Trinajstić information content (AvgIpc) is 3.67. The van der Waals surface area contributed by atoms with Gasteiger partial charge in [-0.25, -0.2) is 4.98 Å². The lowest BCUT2D eigenvalue weighted by Gasteiger charge is -2.18. The molecule has 0 unspecified atom stereocenters. The van der Waals surface area contributed by atoms with E-state index in [0.29, 0.717) is 35.0 Å². The van der Waals surface area contributed by atoms with E-state index in [1.807, 2.05) is 39.8 Å². The molecule has 9 heteroatoms. The molecule has 3 rings (SSSR count). The minimum atomic E-state index is -0.588. The Kier molecular flexibility index (Phi) is 11.6. The van der Waals surface area contributed by atoms with E-state index in [1.54, 1.807) is 31.7 Å². The number of carbonyl (C=O) groups is 2. The number of anilines is 1. The molecule has 0 bridgehead atoms. The van der Waals surface area contributed by atoms with Gasteiger partial charge in [0.2, 0.25) is 11.8 Å². The summed E-state index contributed by atoms with van der Waals surface area (Å²) in [5.41, 5.74) is 9.62. The lowest BCUT2D eigenvalue weighted by molar-refractivity contribution is -0.121. The third kappa shape index (κ3) is 8.06. The van der Waals surface area contributed by atoms with E-state index in [-0.39, 0.29) is 11.8 Å². The number of aryl methyl sites for hydroxylation is 1. The number of ether oxygens (including phenoxy) is 1. The number of primary amides is 1. The fraction of sp³-hybridized carbons (Fsp3) is 0.429. The second kappa shape index (κ2) is 14.6. The number of amides is 2. The molecule has 2 aromatic rings. The zero-order chi connectivity index (χ0) is 27.4. The highest BCUT2D eigenvalue weighted by Crippen LogP contribution is 2.37. The number of unbranched alkanes of at least 4 members (excludes halogenated alkanes) is 1. The first-order valence-electron chi connectivity index (χ1n) is 12.9. The highest BCUT2D eigenvalue weighted by molar-refractivity contribution is 5.98. The van der Waals surface area contributed by atoms with Crippen LogP contribution in [0.25, 0.3) is 11.1 Å². The van der Waals surface area contributed by atoms with Crippen molar-refractivity contribution in [1.82, 2.24) is 20.5 Å². The monoisotopic (exact) mass is 508 g/mol. The molecule has 2 amide bonds. The molecule has 0 spiro atoms. The number of nitrogens with two attached hydrogens (primary N) is 1. The van der Waals surface area contributed by atoms with E-state index in [1.165, 1.54) is 0 Å². The number of pyridine rings is 1. The van der Waals surface area contributed by atoms with Gasteiger partial charge in [-0.05, 0) is 44.7 Å². The molecule has 2 heterocycles. The maximum absolute atomic E-state index is 12.5. The molecule has 5 N–H and O–H groups in total. The normalized spacial score (nSPS) is 13.9. The molecule has 9 nitrogen and oxygen atoms in total. The summed E-state index contributed by atoms with van der Waals surface area (Å²) in [5, 5.41) is 13.3. The van der Waals surface area contributed by atoms with Crippen molar-refractivity contribution in [2.24, 2.45) is 11.7 Å². The Morgan fingerprint density at radius 3 is 2.49 bits per heavy atom. The van der Waals surface area contributed by atoms with Crippen molar-refractivity contribution in [2.75, 3.05) is 12.4 Å². The van der Waals surface area contributed by atoms with Gasteiger partial charge in [-0.15, -0.1) is 0 Å². The smallest absolute Gasteiger partial charge is 0.250 e. The molecule has 0 saturated heterocycles. The van der Waals surface area contributed by atoms with E-state index in [4.69, 9.17) is 10.5 Å². The fourth-order valence-electron chi connectivity index (χ4n) is 3.63. The quantitative estimate of drug-likeness (QED) is 0.231. The van der Waals surface area contributed by atoms with Crippen LogP contribution in [0.5, 0.6) is 5.75 Å². The van der Waals surface area contributed by atoms with E-state index in [9.17, 15) is 9.59 Å². The lowest BCUT2D eigenvalue weighted by atomic mass is 10.1. The predicted molar refractivity (Wildman–Crippen MR) is 148 cm³/mol. The summed E-state index contributed by atoms with van der Waals surface area (Å²) in [6.07, 6.45) is 12.9. The molecule has 0 atom stereocenters. The Balaban J connectivity index is 0.00000235. The number of carbonyl (C=O) groups excluding carboxylic acids is 2. The van der Waals surface area contributed by atoms with Crippen molar-refractivity contribution in [3.8, 4) is 16.9 Å². The van der Waals surface area contributed by atoms with Crippen molar-refractivity contribution in [3.63, 3.8) is 0 Å². The summed E-state index contributed by atoms with van der Waals surface area (Å²) in [6, 6.07) is 1.84. The maximum atomic E-state index is 12.5. The van der Waals surface area contributed by atoms with E-state index < -0.39 is 5.91 Å². The van der Waals surface area contributed by atoms with Crippen LogP contribution in [0.1, 0.15) is 65.5 Å². The van der Waals surface area contributed by atoms with Gasteiger partial charge in [0.15, 0.2) is 11.6 Å². The Morgan fingerprint density at radius 2 is 1.95 bits per heavy atom. The number of aromatic nitrogens is 3. The SMILES string of the molecule is CC.CC/C=C(C(N)=O)/C(=C\C(=C\CCC)NC(=O)C1CC1)Nc1nccc(-c2cn[nH]c2C)c1OC. The van der Waals surface area contributed by atoms with E-state index in [0.717, 1.165) is 42.5 Å². The van der Waals surface area contributed by atoms with Crippen LogP contribution in [0, 0.1) is 12.8 Å². The Hall–Kier alpha value is -3.88. The standard InChI is InChI=1S/C26H34N6O3.C2H6/c1-5-7-9-18(30-26(34)17-10-11-17)14-22(20(8-6-2)24(27)33)31-25-23(35-4)19(12-13-28-25)21-15-29-32-16(21)3;1-2/h8-9,12-15,17H,5-7,10-11H2,1-4H3,(H2,27,33)(H,28,31)(H,29,32)(H,30,34);1-2H3/b18-9-,20-8-,22-14+;. The van der Waals surface area contributed by atoms with Crippen LogP contribution in [0.15, 0.2) is 53.7 Å². The number of hydrogen-bond acceptors (Lipinski definition) is 6. The second-order valence-electron chi connectivity index (χ2n) is 8.43. The summed E-state index contributed by atoms with van der Waals surface area (Å²) in [5.74, 6) is 0.335. The van der Waals surface area contributed by atoms with Crippen LogP contribution >= 0.6 is 0 Å². The molecule has 1 saturated carbocycles. The van der Waals surface area contributed by atoms with Gasteiger partial charge in [-0.2, -0.15) is 5.10 Å². The highest BCUT2D eigenvalue weighted by Gasteiger charge is 2.30. The number of methoxy groups -OCH3 is 1. The molecule has 0 radical (unpaired) electrons. The molecular formula is C28H40N6O3. The molecule has 0 aliphatic heterocycles. The fourth-order valence-corrected chi connectivity index (χ4v) is 3.63. The summed E-state index contributed by atoms with van der Waals surface area (Å²) in [4.78, 5) is 29.4. The average molecular weight is 509 g/mol. The number of nitrogens with one attached hydrogen (secondary N) is 3. The van der Waals surface area contributed by atoms with Crippen molar-refractivity contribution >= 4 is 17.6 Å². The van der Waals surface area contributed by atoms with Crippen LogP contribution in [0.2, 0.25) is 0 Å². The first-order chi connectivity index (χ1) is 17.9. The maximum Gasteiger partial charge on any atom is 0.250 e. The van der Waals surface area contributed by atoms with Crippen molar-refractivity contribution in [1.29, 1.82) is 0 Å². The molecular weight excluding hydrogens is 468 g/mol. The van der Waals surface area contributed by atoms with Gasteiger partial charge in [-0.1, -0.05) is 46.3 Å². The lowest BCUT2D eigenvalue weighted by Crippen LogP contribution is -2.25. The van der Waals surface area contributed by atoms with Gasteiger partial charge >= 0.3 is 0 Å². The molecule has 1 aliphatic rings. The predicted octanol–water partition coefficient (Wildman–Crippen LogP) is 5.14. The first kappa shape index (κ1) is 29.4. The minimum Gasteiger partial charge on any atom is -0.492 e. The Labute approximate surface area is 219 Å². The summed E-state index contributed by atoms with van der Waals surface area (Å²) in [6.45, 7) is 9.90. The van der Waals surface area contributed by atoms with E-state index >= 15 is 0 Å². The van der Waals surface area contributed by atoms with Crippen molar-refractivity contribution < 1.29 is 14.3 Å². The van der Waals surface area contributed by atoms with Gasteiger partial charge in [0.25, 0.3) is 0 Å². The third-order valence-electron chi connectivity index (χ3n) is 5.61. The first-order valence-corrected chi connectivity index (χ1v) is 12.9. The van der Waals surface area contributed by atoms with Crippen molar-refractivity contribution in [3.05, 3.63) is 59.3 Å². The van der Waals surface area contributed by atoms with Gasteiger partial charge in [0.05, 0.1) is 24.6 Å². The van der Waals surface area contributed by atoms with Gasteiger partial charge < -0.3 is 21.1 Å². The van der Waals surface area contributed by atoms with Gasteiger partial charge in [0, 0.05) is 34.6 Å². The number of aromatic amines is 1. The number of allylic oxidation sites excluding steroid dienone is 3. The molecule has 1 aliphatic carbocycles. The molecule has 37 heavy (non-hydrogen) atoms. The topological polar surface area (TPSA) is 135 Å².